The smallest absolute Gasteiger partial charge is 0.141 e. The monoisotopic (exact) mass is 429 g/mol. The summed E-state index contributed by atoms with van der Waals surface area (Å²) in [7, 11) is 0. The second-order valence-corrected chi connectivity index (χ2v) is 7.57. The quantitative estimate of drug-likeness (QED) is 0.274. The van der Waals surface area contributed by atoms with Gasteiger partial charge in [0.05, 0.1) is 5.69 Å². The van der Waals surface area contributed by atoms with Crippen LogP contribution in [-0.2, 0) is 6.67 Å². The molecule has 0 spiro atoms. The molecule has 2 aromatic heterocycles. The van der Waals surface area contributed by atoms with Crippen LogP contribution in [0.25, 0.3) is 33.1 Å². The molecular formula is C24H17ClFN5. The first kappa shape index (κ1) is 19.2. The Balaban J connectivity index is 1.56. The highest BCUT2D eigenvalue weighted by molar-refractivity contribution is 6.33. The Kier molecular flexibility index (Phi) is 4.84. The van der Waals surface area contributed by atoms with Crippen molar-refractivity contribution in [1.82, 2.24) is 15.0 Å². The van der Waals surface area contributed by atoms with Gasteiger partial charge in [-0.2, -0.15) is 0 Å². The van der Waals surface area contributed by atoms with Gasteiger partial charge >= 0.3 is 0 Å². The van der Waals surface area contributed by atoms with E-state index in [2.05, 4.69) is 19.9 Å². The number of aromatic nitrogens is 3. The number of nitrogens with two attached hydrogens (primary N) is 1. The van der Waals surface area contributed by atoms with Crippen molar-refractivity contribution in [2.24, 2.45) is 10.7 Å². The zero-order valence-corrected chi connectivity index (χ0v) is 17.1. The number of aliphatic imine (C=N–C) groups is 1. The Bertz CT molecular complexity index is 1460. The first-order chi connectivity index (χ1) is 15.1. The normalized spacial score (nSPS) is 12.0. The lowest BCUT2D eigenvalue weighted by Gasteiger charge is -2.08. The lowest BCUT2D eigenvalue weighted by atomic mass is 10.0. The summed E-state index contributed by atoms with van der Waals surface area (Å²) in [6.07, 6.45) is 3.31. The molecule has 7 heteroatoms. The van der Waals surface area contributed by atoms with Gasteiger partial charge in [0, 0.05) is 38.6 Å². The van der Waals surface area contributed by atoms with E-state index >= 15 is 0 Å². The van der Waals surface area contributed by atoms with E-state index in [4.69, 9.17) is 17.3 Å². The Labute approximate surface area is 182 Å². The van der Waals surface area contributed by atoms with E-state index in [0.717, 1.165) is 33.1 Å². The highest BCUT2D eigenvalue weighted by Gasteiger charge is 2.10. The van der Waals surface area contributed by atoms with E-state index < -0.39 is 6.67 Å². The number of alkyl halides is 1. The van der Waals surface area contributed by atoms with Gasteiger partial charge in [-0.15, -0.1) is 0 Å². The molecule has 0 aliphatic rings. The van der Waals surface area contributed by atoms with Crippen molar-refractivity contribution in [3.63, 3.8) is 0 Å². The SMILES string of the molecule is NC(=Nc1ccc(Cl)c(-c2ccc3c(c2)[nH]c2ncncc23)c1)c1cccc(CF)c1. The van der Waals surface area contributed by atoms with Crippen LogP contribution in [0.4, 0.5) is 10.1 Å². The molecule has 5 rings (SSSR count). The van der Waals surface area contributed by atoms with Gasteiger partial charge in [-0.3, -0.25) is 0 Å². The van der Waals surface area contributed by atoms with Crippen LogP contribution in [-0.4, -0.2) is 20.8 Å². The molecule has 0 radical (unpaired) electrons. The fourth-order valence-corrected chi connectivity index (χ4v) is 3.85. The lowest BCUT2D eigenvalue weighted by Crippen LogP contribution is -2.12. The minimum absolute atomic E-state index is 0.313. The molecule has 31 heavy (non-hydrogen) atoms. The Morgan fingerprint density at radius 1 is 1.06 bits per heavy atom. The van der Waals surface area contributed by atoms with Gasteiger partial charge < -0.3 is 10.7 Å². The molecule has 0 aliphatic carbocycles. The zero-order valence-electron chi connectivity index (χ0n) is 16.3. The number of nitrogens with one attached hydrogen (secondary N) is 1. The number of benzene rings is 3. The molecule has 0 aliphatic heterocycles. The molecule has 0 saturated heterocycles. The number of H-pyrrole nitrogens is 1. The van der Waals surface area contributed by atoms with E-state index in [1.165, 1.54) is 6.33 Å². The molecule has 3 N–H and O–H groups in total. The summed E-state index contributed by atoms with van der Waals surface area (Å²) in [4.78, 5) is 16.2. The topological polar surface area (TPSA) is 80.0 Å². The first-order valence-corrected chi connectivity index (χ1v) is 10.0. The molecule has 0 amide bonds. The maximum absolute atomic E-state index is 13.0. The molecule has 5 aromatic rings. The molecule has 5 nitrogen and oxygen atoms in total. The highest BCUT2D eigenvalue weighted by Crippen LogP contribution is 2.34. The van der Waals surface area contributed by atoms with Crippen LogP contribution >= 0.6 is 11.6 Å². The van der Waals surface area contributed by atoms with Crippen LogP contribution in [0.5, 0.6) is 0 Å². The number of hydrogen-bond donors (Lipinski definition) is 2. The van der Waals surface area contributed by atoms with E-state index in [1.807, 2.05) is 30.3 Å². The maximum Gasteiger partial charge on any atom is 0.141 e. The van der Waals surface area contributed by atoms with E-state index in [9.17, 15) is 4.39 Å². The van der Waals surface area contributed by atoms with Gasteiger partial charge in [-0.1, -0.05) is 41.9 Å². The van der Waals surface area contributed by atoms with Crippen molar-refractivity contribution in [2.45, 2.75) is 6.67 Å². The molecular weight excluding hydrogens is 413 g/mol. The third-order valence-corrected chi connectivity index (χ3v) is 5.49. The minimum Gasteiger partial charge on any atom is -0.383 e. The third-order valence-electron chi connectivity index (χ3n) is 5.16. The van der Waals surface area contributed by atoms with Crippen molar-refractivity contribution in [2.75, 3.05) is 0 Å². The molecule has 0 fully saturated rings. The molecule has 0 atom stereocenters. The summed E-state index contributed by atoms with van der Waals surface area (Å²) < 4.78 is 13.0. The Morgan fingerprint density at radius 2 is 1.97 bits per heavy atom. The number of rotatable bonds is 4. The average Bonchev–Trinajstić information content (AvgIpc) is 3.18. The number of nitrogens with zero attached hydrogens (tertiary/aromatic N) is 3. The molecule has 2 heterocycles. The summed E-state index contributed by atoms with van der Waals surface area (Å²) >= 11 is 6.50. The van der Waals surface area contributed by atoms with Gasteiger partial charge in [0.1, 0.15) is 24.5 Å². The maximum atomic E-state index is 13.0. The van der Waals surface area contributed by atoms with Gasteiger partial charge in [-0.05, 0) is 41.5 Å². The largest absolute Gasteiger partial charge is 0.383 e. The standard InChI is InChI=1S/C24H17ClFN5/c25-21-7-5-17(30-23(27)16-3-1-2-14(8-16)11-26)10-19(21)15-4-6-18-20-12-28-13-29-24(20)31-22(18)9-15/h1-10,12-13H,11H2,(H2,27,30)(H,28,29,31). The fraction of sp³-hybridized carbons (Fsp3) is 0.0417. The fourth-order valence-electron chi connectivity index (χ4n) is 3.63. The zero-order chi connectivity index (χ0) is 21.4. The number of hydrogen-bond acceptors (Lipinski definition) is 3. The number of halogens is 2. The number of fused-ring (bicyclic) bond motifs is 3. The predicted octanol–water partition coefficient (Wildman–Crippen LogP) is 5.94. The molecule has 0 unspecified atom stereocenters. The van der Waals surface area contributed by atoms with E-state index in [-0.39, 0.29) is 0 Å². The second kappa shape index (κ2) is 7.81. The molecule has 0 saturated carbocycles. The number of aromatic amines is 1. The van der Waals surface area contributed by atoms with Crippen molar-refractivity contribution >= 4 is 45.1 Å². The molecule has 152 valence electrons. The van der Waals surface area contributed by atoms with Crippen molar-refractivity contribution in [3.05, 3.63) is 89.3 Å². The summed E-state index contributed by atoms with van der Waals surface area (Å²) in [6.45, 7) is -0.548. The summed E-state index contributed by atoms with van der Waals surface area (Å²) in [5, 5.41) is 2.62. The highest BCUT2D eigenvalue weighted by atomic mass is 35.5. The van der Waals surface area contributed by atoms with Gasteiger partial charge in [0.2, 0.25) is 0 Å². The summed E-state index contributed by atoms with van der Waals surface area (Å²) in [5.74, 6) is 0.313. The van der Waals surface area contributed by atoms with Crippen LogP contribution in [0.1, 0.15) is 11.1 Å². The Hall–Kier alpha value is -3.77. The molecule has 3 aromatic carbocycles. The minimum atomic E-state index is -0.548. The van der Waals surface area contributed by atoms with Crippen LogP contribution in [0.15, 0.2) is 78.2 Å². The lowest BCUT2D eigenvalue weighted by molar-refractivity contribution is 0.485. The molecule has 0 bridgehead atoms. The predicted molar refractivity (Wildman–Crippen MR) is 123 cm³/mol. The van der Waals surface area contributed by atoms with Gasteiger partial charge in [0.25, 0.3) is 0 Å². The number of amidine groups is 1. The summed E-state index contributed by atoms with van der Waals surface area (Å²) in [6, 6.07) is 18.5. The second-order valence-electron chi connectivity index (χ2n) is 7.17. The van der Waals surface area contributed by atoms with Gasteiger partial charge in [-0.25, -0.2) is 19.4 Å². The third kappa shape index (κ3) is 3.62. The van der Waals surface area contributed by atoms with Gasteiger partial charge in [0.15, 0.2) is 0 Å². The van der Waals surface area contributed by atoms with E-state index in [1.54, 1.807) is 36.5 Å². The van der Waals surface area contributed by atoms with Crippen LogP contribution < -0.4 is 5.73 Å². The van der Waals surface area contributed by atoms with Crippen molar-refractivity contribution in [3.8, 4) is 11.1 Å². The van der Waals surface area contributed by atoms with Crippen LogP contribution in [0, 0.1) is 0 Å². The first-order valence-electron chi connectivity index (χ1n) is 9.63. The van der Waals surface area contributed by atoms with Crippen LogP contribution in [0.2, 0.25) is 5.02 Å². The van der Waals surface area contributed by atoms with Crippen molar-refractivity contribution in [1.29, 1.82) is 0 Å². The Morgan fingerprint density at radius 3 is 2.84 bits per heavy atom. The van der Waals surface area contributed by atoms with E-state index in [0.29, 0.717) is 27.7 Å². The van der Waals surface area contributed by atoms with Crippen LogP contribution in [0.3, 0.4) is 0 Å². The average molecular weight is 430 g/mol. The van der Waals surface area contributed by atoms with Crippen molar-refractivity contribution < 1.29 is 4.39 Å². The summed E-state index contributed by atoms with van der Waals surface area (Å²) in [5.41, 5.74) is 11.6.